The fourth-order valence-corrected chi connectivity index (χ4v) is 10.5. The molecule has 4 amide bonds. The summed E-state index contributed by atoms with van der Waals surface area (Å²) in [6, 6.07) is 14.4. The molecule has 1 aliphatic carbocycles. The molecule has 1 saturated carbocycles. The van der Waals surface area contributed by atoms with Crippen LogP contribution in [-0.2, 0) is 25.7 Å². The molecular weight excluding hydrogens is 905 g/mol. The third-order valence-corrected chi connectivity index (χ3v) is 14.4. The number of pyridine rings is 1. The fourth-order valence-electron chi connectivity index (χ4n) is 8.81. The van der Waals surface area contributed by atoms with Gasteiger partial charge in [0.15, 0.2) is 5.13 Å². The third-order valence-electron chi connectivity index (χ3n) is 12.5. The van der Waals surface area contributed by atoms with Crippen molar-refractivity contribution in [3.63, 3.8) is 0 Å². The van der Waals surface area contributed by atoms with Gasteiger partial charge in [0.1, 0.15) is 29.6 Å². The zero-order chi connectivity index (χ0) is 47.9. The molecule has 0 spiro atoms. The summed E-state index contributed by atoms with van der Waals surface area (Å²) in [6.07, 6.45) is 7.04. The number of amides is 4. The molecule has 5 heterocycles. The molecule has 6 aromatic rings. The van der Waals surface area contributed by atoms with Crippen molar-refractivity contribution in [1.29, 1.82) is 0 Å². The van der Waals surface area contributed by atoms with Gasteiger partial charge in [-0.15, -0.1) is 11.3 Å². The molecule has 4 N–H and O–H groups in total. The fraction of sp³-hybridized carbons (Fsp3) is 0.440. The number of aliphatic hydroxyl groups excluding tert-OH is 1. The zero-order valence-corrected chi connectivity index (χ0v) is 40.6. The Balaban J connectivity index is 0.853. The first-order valence-electron chi connectivity index (χ1n) is 23.3. The molecular formula is C50H58N8O8S2. The summed E-state index contributed by atoms with van der Waals surface area (Å²) in [5.41, 5.74) is 8.77. The summed E-state index contributed by atoms with van der Waals surface area (Å²) in [4.78, 5) is 69.6. The van der Waals surface area contributed by atoms with Crippen molar-refractivity contribution in [3.8, 4) is 27.3 Å². The lowest BCUT2D eigenvalue weighted by Crippen LogP contribution is -2.48. The number of benzene rings is 2. The zero-order valence-electron chi connectivity index (χ0n) is 39.0. The van der Waals surface area contributed by atoms with E-state index in [0.29, 0.717) is 53.2 Å². The molecule has 8 rings (SSSR count). The van der Waals surface area contributed by atoms with Gasteiger partial charge in [-0.25, -0.2) is 14.8 Å². The van der Waals surface area contributed by atoms with Crippen LogP contribution < -0.4 is 20.7 Å². The summed E-state index contributed by atoms with van der Waals surface area (Å²) >= 11 is 2.91. The maximum atomic E-state index is 13.9. The number of unbranched alkanes of at least 4 members (excludes halogenated alkanes) is 1. The summed E-state index contributed by atoms with van der Waals surface area (Å²) < 4.78 is 18.4. The minimum Gasteiger partial charge on any atom is -0.493 e. The molecule has 1 saturated heterocycles. The number of nitrogens with one attached hydrogen (secondary N) is 3. The van der Waals surface area contributed by atoms with Crippen LogP contribution in [0.5, 0.6) is 5.75 Å². The highest BCUT2D eigenvalue weighted by molar-refractivity contribution is 7.22. The number of hydrogen-bond acceptors (Lipinski definition) is 14. The molecule has 0 radical (unpaired) electrons. The first kappa shape index (κ1) is 48.2. The monoisotopic (exact) mass is 962 g/mol. The van der Waals surface area contributed by atoms with Gasteiger partial charge in [-0.2, -0.15) is 0 Å². The molecule has 16 nitrogen and oxygen atoms in total. The van der Waals surface area contributed by atoms with E-state index in [-0.39, 0.29) is 55.7 Å². The van der Waals surface area contributed by atoms with Gasteiger partial charge in [0.2, 0.25) is 17.7 Å². The van der Waals surface area contributed by atoms with Crippen molar-refractivity contribution in [2.45, 2.75) is 123 Å². The minimum absolute atomic E-state index is 0.0400. The van der Waals surface area contributed by atoms with Gasteiger partial charge in [-0.1, -0.05) is 55.0 Å². The van der Waals surface area contributed by atoms with Crippen molar-refractivity contribution < 1.29 is 38.3 Å². The lowest BCUT2D eigenvalue weighted by Gasteiger charge is -2.28. The minimum atomic E-state index is -0.865. The van der Waals surface area contributed by atoms with E-state index in [0.717, 1.165) is 68.7 Å². The molecule has 68 heavy (non-hydrogen) atoms. The number of β-amino-alcohol motifs (C(OH)–C–C–N with tert-alkyl or cyclic N) is 1. The summed E-state index contributed by atoms with van der Waals surface area (Å²) in [6.45, 7) is 9.90. The Morgan fingerprint density at radius 3 is 2.49 bits per heavy atom. The lowest BCUT2D eigenvalue weighted by molar-refractivity contribution is -0.141. The molecule has 18 heteroatoms. The molecule has 2 aliphatic rings. The number of anilines is 2. The number of aliphatic hydroxyl groups is 1. The Morgan fingerprint density at radius 2 is 1.74 bits per heavy atom. The maximum Gasteiger partial charge on any atom is 0.411 e. The van der Waals surface area contributed by atoms with Gasteiger partial charge < -0.3 is 34.6 Å². The van der Waals surface area contributed by atoms with Gasteiger partial charge in [-0.05, 0) is 101 Å². The predicted octanol–water partition coefficient (Wildman–Crippen LogP) is 9.48. The summed E-state index contributed by atoms with van der Waals surface area (Å²) in [5.74, 6) is -0.595. The number of ether oxygens (including phenoxy) is 2. The second kappa shape index (κ2) is 21.8. The van der Waals surface area contributed by atoms with E-state index >= 15 is 0 Å². The van der Waals surface area contributed by atoms with E-state index in [1.807, 2.05) is 70.2 Å². The first-order chi connectivity index (χ1) is 32.8. The summed E-state index contributed by atoms with van der Waals surface area (Å²) in [5, 5.41) is 23.9. The van der Waals surface area contributed by atoms with E-state index in [1.165, 1.54) is 34.0 Å². The lowest BCUT2D eigenvalue weighted by atomic mass is 9.91. The van der Waals surface area contributed by atoms with Crippen LogP contribution in [0.1, 0.15) is 106 Å². The standard InChI is InChI=1S/C50H58N8O8S2/c1-28(2)45(42-19-29(3)57-66-42)48(62)58-26-36(59)23-40(58)47(61)52-24-34-15-14-33(46-31(5)53-27-67-46)21-41(34)64-18-10-9-13-44(60)56-49-54-38-17-16-32(22-43(38)68-49)35-20-39(30(4)51-25-35)55-50(63)65-37-11-7-6-8-12-37/h14-17,19-22,25,27-28,36-37,40,45,59H,6-13,18,23-24,26H2,1-5H3,(H,52,61)(H,55,63)(H,54,56,60)/t36-,40+,45+/m1/s1. The maximum absolute atomic E-state index is 13.9. The number of likely N-dealkylation sites (tertiary alicyclic amines) is 1. The molecule has 358 valence electrons. The van der Waals surface area contributed by atoms with Gasteiger partial charge in [0.05, 0.1) is 56.1 Å². The number of thiazole rings is 2. The Bertz CT molecular complexity index is 2760. The van der Waals surface area contributed by atoms with Gasteiger partial charge in [0, 0.05) is 49.3 Å². The van der Waals surface area contributed by atoms with Crippen molar-refractivity contribution in [2.24, 2.45) is 5.92 Å². The Morgan fingerprint density at radius 1 is 0.926 bits per heavy atom. The first-order valence-corrected chi connectivity index (χ1v) is 25.0. The third kappa shape index (κ3) is 11.7. The van der Waals surface area contributed by atoms with Crippen LogP contribution in [0, 0.1) is 26.7 Å². The number of aromatic nitrogens is 4. The van der Waals surface area contributed by atoms with Gasteiger partial charge in [0.25, 0.3) is 0 Å². The quantitative estimate of drug-likeness (QED) is 0.0630. The SMILES string of the molecule is Cc1cc([C@@H](C(=O)N2C[C@H](O)C[C@H]2C(=O)NCc2ccc(-c3scnc3C)cc2OCCCCC(=O)Nc2nc3ccc(-c4cnc(C)c(NC(=O)OC5CCCCC5)c4)cc3s2)C(C)C)on1. The predicted molar refractivity (Wildman–Crippen MR) is 262 cm³/mol. The molecule has 2 aromatic carbocycles. The smallest absolute Gasteiger partial charge is 0.411 e. The van der Waals surface area contributed by atoms with E-state index in [9.17, 15) is 24.3 Å². The van der Waals surface area contributed by atoms with Crippen LogP contribution in [0.15, 0.2) is 64.8 Å². The topological polar surface area (TPSA) is 211 Å². The van der Waals surface area contributed by atoms with Crippen LogP contribution in [-0.4, -0.2) is 85.3 Å². The molecule has 0 bridgehead atoms. The Labute approximate surface area is 403 Å². The largest absolute Gasteiger partial charge is 0.493 e. The van der Waals surface area contributed by atoms with Crippen LogP contribution in [0.2, 0.25) is 0 Å². The molecule has 0 unspecified atom stereocenters. The van der Waals surface area contributed by atoms with Crippen LogP contribution in [0.4, 0.5) is 15.6 Å². The van der Waals surface area contributed by atoms with Crippen molar-refractivity contribution in [3.05, 3.63) is 88.6 Å². The number of rotatable bonds is 17. The van der Waals surface area contributed by atoms with Gasteiger partial charge in [-0.3, -0.25) is 24.7 Å². The average molecular weight is 963 g/mol. The number of aryl methyl sites for hydroxylation is 3. The van der Waals surface area contributed by atoms with Crippen molar-refractivity contribution >= 4 is 67.5 Å². The second-order valence-electron chi connectivity index (χ2n) is 18.0. The highest BCUT2D eigenvalue weighted by Gasteiger charge is 2.43. The van der Waals surface area contributed by atoms with E-state index in [4.69, 9.17) is 14.0 Å². The van der Waals surface area contributed by atoms with E-state index in [1.54, 1.807) is 24.7 Å². The van der Waals surface area contributed by atoms with Gasteiger partial charge >= 0.3 is 6.09 Å². The Kier molecular flexibility index (Phi) is 15.5. The number of carbonyl (C=O) groups excluding carboxylic acids is 4. The second-order valence-corrected chi connectivity index (χ2v) is 19.9. The normalized spacial score (nSPS) is 16.8. The van der Waals surface area contributed by atoms with Crippen LogP contribution >= 0.6 is 22.7 Å². The number of carbonyl (C=O) groups is 4. The highest BCUT2D eigenvalue weighted by atomic mass is 32.1. The average Bonchev–Trinajstić information content (AvgIpc) is 4.13. The molecule has 1 aliphatic heterocycles. The van der Waals surface area contributed by atoms with E-state index < -0.39 is 24.2 Å². The number of fused-ring (bicyclic) bond motifs is 1. The number of hydrogen-bond donors (Lipinski definition) is 4. The molecule has 2 fully saturated rings. The van der Waals surface area contributed by atoms with E-state index in [2.05, 4.69) is 36.1 Å². The van der Waals surface area contributed by atoms with Crippen molar-refractivity contribution in [2.75, 3.05) is 23.8 Å². The molecule has 4 aromatic heterocycles. The van der Waals surface area contributed by atoms with Crippen LogP contribution in [0.25, 0.3) is 31.8 Å². The Hall–Kier alpha value is -6.24. The van der Waals surface area contributed by atoms with Crippen molar-refractivity contribution in [1.82, 2.24) is 30.3 Å². The van der Waals surface area contributed by atoms with Crippen LogP contribution in [0.3, 0.4) is 0 Å². The molecule has 3 atom stereocenters. The number of nitrogens with zero attached hydrogens (tertiary/aromatic N) is 5. The highest BCUT2D eigenvalue weighted by Crippen LogP contribution is 2.35. The summed E-state index contributed by atoms with van der Waals surface area (Å²) in [7, 11) is 0.